The number of benzene rings is 1. The molecular formula is C11H9FO3S. The molecule has 1 heterocycles. The summed E-state index contributed by atoms with van der Waals surface area (Å²) in [5.41, 5.74) is 0. The van der Waals surface area contributed by atoms with Crippen LogP contribution in [-0.4, -0.2) is 18.2 Å². The lowest BCUT2D eigenvalue weighted by atomic mass is 10.2. The molecule has 2 aromatic rings. The van der Waals surface area contributed by atoms with Crippen molar-refractivity contribution in [3.8, 4) is 0 Å². The maximum absolute atomic E-state index is 12.9. The monoisotopic (exact) mass is 240 g/mol. The maximum Gasteiger partial charge on any atom is 0.340 e. The number of thiophene rings is 1. The predicted molar refractivity (Wildman–Crippen MR) is 58.8 cm³/mol. The molecule has 1 aromatic heterocycles. The molecule has 1 aromatic carbocycles. The van der Waals surface area contributed by atoms with Crippen LogP contribution in [0.2, 0.25) is 0 Å². The lowest BCUT2D eigenvalue weighted by Gasteiger charge is -2.04. The number of carbonyl (C=O) groups excluding carboxylic acids is 1. The Balaban J connectivity index is 2.43. The topological polar surface area (TPSA) is 46.5 Å². The van der Waals surface area contributed by atoms with Gasteiger partial charge in [-0.3, -0.25) is 0 Å². The van der Waals surface area contributed by atoms with Gasteiger partial charge in [0, 0.05) is 9.58 Å². The van der Waals surface area contributed by atoms with E-state index >= 15 is 0 Å². The Morgan fingerprint density at radius 2 is 2.25 bits per heavy atom. The second-order valence-electron chi connectivity index (χ2n) is 3.26. The fourth-order valence-electron chi connectivity index (χ4n) is 1.39. The number of rotatable bonds is 2. The molecule has 0 aliphatic rings. The summed E-state index contributed by atoms with van der Waals surface area (Å²) in [6.45, 7) is 0. The Kier molecular flexibility index (Phi) is 2.89. The Bertz CT molecular complexity index is 535. The number of hydrogen-bond acceptors (Lipinski definition) is 4. The van der Waals surface area contributed by atoms with Crippen LogP contribution in [0, 0.1) is 5.82 Å². The summed E-state index contributed by atoms with van der Waals surface area (Å²) >= 11 is 1.17. The predicted octanol–water partition coefficient (Wildman–Crippen LogP) is 2.25. The third kappa shape index (κ3) is 1.91. The molecule has 0 bridgehead atoms. The van der Waals surface area contributed by atoms with Crippen molar-refractivity contribution in [1.29, 1.82) is 0 Å². The SMILES string of the molecule is COC(=O)C(O)c1cc2ccc(F)cc2s1. The van der Waals surface area contributed by atoms with E-state index in [1.165, 1.54) is 30.6 Å². The molecule has 0 saturated carbocycles. The van der Waals surface area contributed by atoms with Gasteiger partial charge in [0.1, 0.15) is 5.82 Å². The Hall–Kier alpha value is -1.46. The summed E-state index contributed by atoms with van der Waals surface area (Å²) in [5, 5.41) is 10.4. The van der Waals surface area contributed by atoms with Gasteiger partial charge >= 0.3 is 5.97 Å². The van der Waals surface area contributed by atoms with Gasteiger partial charge < -0.3 is 9.84 Å². The molecule has 1 unspecified atom stereocenters. The highest BCUT2D eigenvalue weighted by atomic mass is 32.1. The molecule has 0 aliphatic heterocycles. The van der Waals surface area contributed by atoms with E-state index in [4.69, 9.17) is 0 Å². The molecule has 1 atom stereocenters. The summed E-state index contributed by atoms with van der Waals surface area (Å²) in [6, 6.07) is 5.96. The van der Waals surface area contributed by atoms with E-state index in [1.807, 2.05) is 0 Å². The van der Waals surface area contributed by atoms with Crippen LogP contribution in [0.5, 0.6) is 0 Å². The van der Waals surface area contributed by atoms with Crippen molar-refractivity contribution in [3.63, 3.8) is 0 Å². The van der Waals surface area contributed by atoms with E-state index in [-0.39, 0.29) is 5.82 Å². The number of fused-ring (bicyclic) bond motifs is 1. The fraction of sp³-hybridized carbons (Fsp3) is 0.182. The van der Waals surface area contributed by atoms with E-state index < -0.39 is 12.1 Å². The van der Waals surface area contributed by atoms with Crippen molar-refractivity contribution in [2.45, 2.75) is 6.10 Å². The standard InChI is InChI=1S/C11H9FO3S/c1-15-11(14)10(13)9-4-6-2-3-7(12)5-8(6)16-9/h2-5,10,13H,1H3. The molecule has 16 heavy (non-hydrogen) atoms. The molecule has 3 nitrogen and oxygen atoms in total. The fourth-order valence-corrected chi connectivity index (χ4v) is 2.45. The second-order valence-corrected chi connectivity index (χ2v) is 4.37. The molecule has 2 rings (SSSR count). The number of methoxy groups -OCH3 is 1. The minimum atomic E-state index is -1.30. The van der Waals surface area contributed by atoms with Crippen molar-refractivity contribution in [3.05, 3.63) is 35.0 Å². The summed E-state index contributed by atoms with van der Waals surface area (Å²) < 4.78 is 18.0. The average molecular weight is 240 g/mol. The van der Waals surface area contributed by atoms with Crippen LogP contribution in [0.1, 0.15) is 11.0 Å². The van der Waals surface area contributed by atoms with Crippen LogP contribution >= 0.6 is 11.3 Å². The molecule has 0 amide bonds. The van der Waals surface area contributed by atoms with Crippen LogP contribution in [0.15, 0.2) is 24.3 Å². The zero-order valence-corrected chi connectivity index (χ0v) is 9.25. The van der Waals surface area contributed by atoms with Crippen molar-refractivity contribution in [1.82, 2.24) is 0 Å². The van der Waals surface area contributed by atoms with E-state index in [1.54, 1.807) is 12.1 Å². The molecule has 0 spiro atoms. The van der Waals surface area contributed by atoms with E-state index in [0.29, 0.717) is 9.58 Å². The lowest BCUT2D eigenvalue weighted by Crippen LogP contribution is -2.11. The Morgan fingerprint density at radius 3 is 2.94 bits per heavy atom. The van der Waals surface area contributed by atoms with E-state index in [0.717, 1.165) is 5.39 Å². The minimum Gasteiger partial charge on any atom is -0.467 e. The summed E-state index contributed by atoms with van der Waals surface area (Å²) in [6.07, 6.45) is -1.30. The Morgan fingerprint density at radius 1 is 1.50 bits per heavy atom. The summed E-state index contributed by atoms with van der Waals surface area (Å²) in [5.74, 6) is -1.06. The number of hydrogen-bond donors (Lipinski definition) is 1. The first-order valence-electron chi connectivity index (χ1n) is 4.56. The van der Waals surface area contributed by atoms with Gasteiger partial charge in [0.25, 0.3) is 0 Å². The number of carbonyl (C=O) groups is 1. The van der Waals surface area contributed by atoms with Crippen LogP contribution in [0.3, 0.4) is 0 Å². The van der Waals surface area contributed by atoms with Gasteiger partial charge in [0.05, 0.1) is 7.11 Å². The molecule has 0 saturated heterocycles. The van der Waals surface area contributed by atoms with Crippen LogP contribution in [-0.2, 0) is 9.53 Å². The highest BCUT2D eigenvalue weighted by Crippen LogP contribution is 2.30. The van der Waals surface area contributed by atoms with Crippen molar-refractivity contribution >= 4 is 27.4 Å². The first-order chi connectivity index (χ1) is 7.61. The minimum absolute atomic E-state index is 0.339. The van der Waals surface area contributed by atoms with Gasteiger partial charge in [-0.25, -0.2) is 9.18 Å². The van der Waals surface area contributed by atoms with Crippen molar-refractivity contribution in [2.75, 3.05) is 7.11 Å². The lowest BCUT2D eigenvalue weighted by molar-refractivity contribution is -0.150. The van der Waals surface area contributed by atoms with Gasteiger partial charge in [-0.2, -0.15) is 0 Å². The highest BCUT2D eigenvalue weighted by molar-refractivity contribution is 7.19. The van der Waals surface area contributed by atoms with E-state index in [9.17, 15) is 14.3 Å². The molecule has 0 aliphatic carbocycles. The van der Waals surface area contributed by atoms with Crippen LogP contribution < -0.4 is 0 Å². The molecular weight excluding hydrogens is 231 g/mol. The van der Waals surface area contributed by atoms with E-state index in [2.05, 4.69) is 4.74 Å². The van der Waals surface area contributed by atoms with Crippen LogP contribution in [0.4, 0.5) is 4.39 Å². The number of aliphatic hydroxyl groups is 1. The highest BCUT2D eigenvalue weighted by Gasteiger charge is 2.20. The van der Waals surface area contributed by atoms with Gasteiger partial charge in [-0.05, 0) is 23.6 Å². The van der Waals surface area contributed by atoms with Gasteiger partial charge in [0.2, 0.25) is 0 Å². The number of esters is 1. The number of aliphatic hydroxyl groups excluding tert-OH is 1. The number of halogens is 1. The summed E-state index contributed by atoms with van der Waals surface area (Å²) in [7, 11) is 1.21. The zero-order valence-electron chi connectivity index (χ0n) is 8.44. The molecule has 0 radical (unpaired) electrons. The van der Waals surface area contributed by atoms with Crippen LogP contribution in [0.25, 0.3) is 10.1 Å². The smallest absolute Gasteiger partial charge is 0.340 e. The maximum atomic E-state index is 12.9. The first-order valence-corrected chi connectivity index (χ1v) is 5.38. The molecule has 1 N–H and O–H groups in total. The third-order valence-electron chi connectivity index (χ3n) is 2.20. The third-order valence-corrected chi connectivity index (χ3v) is 3.35. The number of ether oxygens (including phenoxy) is 1. The average Bonchev–Trinajstić information content (AvgIpc) is 2.69. The largest absolute Gasteiger partial charge is 0.467 e. The van der Waals surface area contributed by atoms with Crippen molar-refractivity contribution < 1.29 is 19.0 Å². The van der Waals surface area contributed by atoms with Gasteiger partial charge in [-0.15, -0.1) is 11.3 Å². The quantitative estimate of drug-likeness (QED) is 0.819. The van der Waals surface area contributed by atoms with Gasteiger partial charge in [-0.1, -0.05) is 6.07 Å². The van der Waals surface area contributed by atoms with Crippen molar-refractivity contribution in [2.24, 2.45) is 0 Å². The molecule has 5 heteroatoms. The Labute approximate surface area is 95.1 Å². The van der Waals surface area contributed by atoms with Gasteiger partial charge in [0.15, 0.2) is 6.10 Å². The second kappa shape index (κ2) is 4.19. The zero-order chi connectivity index (χ0) is 11.7. The molecule has 0 fully saturated rings. The summed E-state index contributed by atoms with van der Waals surface area (Å²) in [4.78, 5) is 11.6. The first kappa shape index (κ1) is 11.0. The molecule has 84 valence electrons. The normalized spacial score (nSPS) is 12.7.